The Morgan fingerprint density at radius 2 is 1.97 bits per heavy atom. The molecule has 2 aromatic heterocycles. The highest BCUT2D eigenvalue weighted by molar-refractivity contribution is 5.95. The molecule has 3 atom stereocenters. The molecule has 11 heteroatoms. The average molecular weight is 456 g/mol. The van der Waals surface area contributed by atoms with Crippen LogP contribution in [0.25, 0.3) is 0 Å². The summed E-state index contributed by atoms with van der Waals surface area (Å²) >= 11 is 0. The number of nitrogens with zero attached hydrogens (tertiary/aromatic N) is 2. The summed E-state index contributed by atoms with van der Waals surface area (Å²) in [5.41, 5.74) is 0.646. The summed E-state index contributed by atoms with van der Waals surface area (Å²) in [6.07, 6.45) is -2.02. The second-order valence-corrected chi connectivity index (χ2v) is 7.43. The molecule has 2 fully saturated rings. The minimum Gasteiger partial charge on any atom is -0.475 e. The summed E-state index contributed by atoms with van der Waals surface area (Å²) in [7, 11) is 0. The van der Waals surface area contributed by atoms with Gasteiger partial charge in [-0.05, 0) is 32.4 Å². The van der Waals surface area contributed by atoms with Gasteiger partial charge in [0.1, 0.15) is 23.7 Å². The number of aromatic nitrogens is 1. The smallest absolute Gasteiger partial charge is 0.475 e. The van der Waals surface area contributed by atoms with E-state index >= 15 is 0 Å². The highest BCUT2D eigenvalue weighted by Gasteiger charge is 2.46. The van der Waals surface area contributed by atoms with Gasteiger partial charge in [0.05, 0.1) is 11.6 Å². The van der Waals surface area contributed by atoms with Gasteiger partial charge in [-0.25, -0.2) is 9.78 Å². The predicted octanol–water partition coefficient (Wildman–Crippen LogP) is 3.38. The van der Waals surface area contributed by atoms with Crippen molar-refractivity contribution in [2.75, 3.05) is 13.2 Å². The number of halogens is 3. The third kappa shape index (κ3) is 5.39. The first-order valence-electron chi connectivity index (χ1n) is 9.95. The number of carbonyl (C=O) groups is 2. The zero-order valence-electron chi connectivity index (χ0n) is 17.5. The van der Waals surface area contributed by atoms with Crippen molar-refractivity contribution in [1.29, 1.82) is 0 Å². The molecule has 4 heterocycles. The van der Waals surface area contributed by atoms with Crippen LogP contribution in [0.5, 0.6) is 5.88 Å². The molecule has 32 heavy (non-hydrogen) atoms. The van der Waals surface area contributed by atoms with Gasteiger partial charge in [0.25, 0.3) is 5.91 Å². The van der Waals surface area contributed by atoms with E-state index < -0.39 is 12.1 Å². The number of furan rings is 1. The molecule has 0 radical (unpaired) electrons. The zero-order chi connectivity index (χ0) is 23.5. The normalized spacial score (nSPS) is 22.5. The van der Waals surface area contributed by atoms with Crippen LogP contribution in [-0.2, 0) is 9.53 Å². The quantitative estimate of drug-likeness (QED) is 0.756. The molecule has 0 bridgehead atoms. The number of fused-ring (bicyclic) bond motifs is 1. The number of hydrogen-bond donors (Lipinski definition) is 1. The second-order valence-electron chi connectivity index (χ2n) is 7.43. The Balaban J connectivity index is 0.000000360. The van der Waals surface area contributed by atoms with E-state index in [0.717, 1.165) is 18.6 Å². The summed E-state index contributed by atoms with van der Waals surface area (Å²) in [6.45, 7) is 4.98. The number of likely N-dealkylation sites (tertiary alicyclic amines) is 1. The van der Waals surface area contributed by atoms with Crippen LogP contribution >= 0.6 is 0 Å². The Hall–Kier alpha value is -3.08. The number of aliphatic carboxylic acids is 1. The standard InChI is InChI=1S/C19H22N2O4.C2HF3O2/c1-12-11-14(13(2)24-12)19(22)21-9-6-16(18-15(21)7-10-23-18)25-17-5-3-4-8-20-17;3-2(4,5)1(6)7/h3-5,8,11,15-16,18H,6-7,9-10H2,1-2H3;(H,6,7)/t15-,16+,18-;/m0./s1. The van der Waals surface area contributed by atoms with Crippen molar-refractivity contribution < 1.29 is 41.8 Å². The first kappa shape index (κ1) is 23.6. The zero-order valence-corrected chi connectivity index (χ0v) is 17.5. The van der Waals surface area contributed by atoms with Crippen LogP contribution in [0.15, 0.2) is 34.9 Å². The number of alkyl halides is 3. The van der Waals surface area contributed by atoms with Crippen molar-refractivity contribution >= 4 is 11.9 Å². The molecule has 2 aliphatic heterocycles. The topological polar surface area (TPSA) is 102 Å². The number of amides is 1. The van der Waals surface area contributed by atoms with E-state index in [1.165, 1.54) is 0 Å². The van der Waals surface area contributed by atoms with Gasteiger partial charge in [-0.1, -0.05) is 6.07 Å². The number of carboxylic acid groups (broad SMARTS) is 1. The lowest BCUT2D eigenvalue weighted by Gasteiger charge is -2.40. The van der Waals surface area contributed by atoms with Crippen molar-refractivity contribution in [2.24, 2.45) is 0 Å². The van der Waals surface area contributed by atoms with Crippen molar-refractivity contribution in [1.82, 2.24) is 9.88 Å². The van der Waals surface area contributed by atoms with Crippen LogP contribution in [0.3, 0.4) is 0 Å². The van der Waals surface area contributed by atoms with Crippen LogP contribution in [0.4, 0.5) is 13.2 Å². The lowest BCUT2D eigenvalue weighted by molar-refractivity contribution is -0.192. The fraction of sp³-hybridized carbons (Fsp3) is 0.476. The van der Waals surface area contributed by atoms with Crippen LogP contribution < -0.4 is 4.74 Å². The van der Waals surface area contributed by atoms with E-state index in [4.69, 9.17) is 23.8 Å². The monoisotopic (exact) mass is 456 g/mol. The van der Waals surface area contributed by atoms with Crippen molar-refractivity contribution in [3.05, 3.63) is 47.5 Å². The molecule has 4 rings (SSSR count). The molecule has 0 aromatic carbocycles. The van der Waals surface area contributed by atoms with Crippen LogP contribution in [0, 0.1) is 13.8 Å². The number of carboxylic acids is 1. The first-order chi connectivity index (χ1) is 15.1. The molecule has 0 aliphatic carbocycles. The molecule has 2 aliphatic rings. The fourth-order valence-electron chi connectivity index (χ4n) is 3.83. The molecular weight excluding hydrogens is 433 g/mol. The number of rotatable bonds is 3. The maximum absolute atomic E-state index is 13.0. The van der Waals surface area contributed by atoms with Gasteiger partial charge in [0.2, 0.25) is 5.88 Å². The molecule has 0 unspecified atom stereocenters. The second kappa shape index (κ2) is 9.60. The summed E-state index contributed by atoms with van der Waals surface area (Å²) < 4.78 is 49.2. The number of ether oxygens (including phenoxy) is 2. The summed E-state index contributed by atoms with van der Waals surface area (Å²) in [5.74, 6) is -0.709. The maximum atomic E-state index is 13.0. The van der Waals surface area contributed by atoms with Gasteiger partial charge < -0.3 is 23.9 Å². The lowest BCUT2D eigenvalue weighted by atomic mass is 9.94. The van der Waals surface area contributed by atoms with Crippen LogP contribution in [0.1, 0.15) is 34.7 Å². The number of carbonyl (C=O) groups excluding carboxylic acids is 1. The Morgan fingerprint density at radius 1 is 1.25 bits per heavy atom. The van der Waals surface area contributed by atoms with Crippen molar-refractivity contribution in [3.8, 4) is 5.88 Å². The Bertz CT molecular complexity index is 947. The molecule has 0 saturated carbocycles. The van der Waals surface area contributed by atoms with E-state index in [1.54, 1.807) is 6.20 Å². The largest absolute Gasteiger partial charge is 0.490 e. The summed E-state index contributed by atoms with van der Waals surface area (Å²) in [6, 6.07) is 7.46. The first-order valence-corrected chi connectivity index (χ1v) is 9.95. The van der Waals surface area contributed by atoms with Crippen LogP contribution in [-0.4, -0.2) is 64.4 Å². The van der Waals surface area contributed by atoms with Gasteiger partial charge in [0.15, 0.2) is 0 Å². The molecule has 1 amide bonds. The summed E-state index contributed by atoms with van der Waals surface area (Å²) in [4.78, 5) is 28.1. The predicted molar refractivity (Wildman–Crippen MR) is 104 cm³/mol. The van der Waals surface area contributed by atoms with Crippen molar-refractivity contribution in [2.45, 2.75) is 51.1 Å². The van der Waals surface area contributed by atoms with E-state index in [0.29, 0.717) is 30.4 Å². The third-order valence-electron chi connectivity index (χ3n) is 5.21. The molecule has 174 valence electrons. The molecule has 1 N–H and O–H groups in total. The SMILES string of the molecule is Cc1cc(C(=O)N2CC[C@@H](Oc3ccccn3)[C@H]3OCC[C@@H]32)c(C)o1.O=C(O)C(F)(F)F. The number of piperidine rings is 1. The Morgan fingerprint density at radius 3 is 2.53 bits per heavy atom. The van der Waals surface area contributed by atoms with Gasteiger partial charge in [-0.3, -0.25) is 4.79 Å². The number of pyridine rings is 1. The average Bonchev–Trinajstić information content (AvgIpc) is 3.35. The fourth-order valence-corrected chi connectivity index (χ4v) is 3.83. The molecule has 8 nitrogen and oxygen atoms in total. The van der Waals surface area contributed by atoms with Crippen LogP contribution in [0.2, 0.25) is 0 Å². The van der Waals surface area contributed by atoms with E-state index in [2.05, 4.69) is 4.98 Å². The van der Waals surface area contributed by atoms with E-state index in [9.17, 15) is 18.0 Å². The van der Waals surface area contributed by atoms with E-state index in [1.807, 2.05) is 43.0 Å². The maximum Gasteiger partial charge on any atom is 0.490 e. The highest BCUT2D eigenvalue weighted by atomic mass is 19.4. The molecule has 2 saturated heterocycles. The Labute approximate surface area is 181 Å². The number of aryl methyl sites for hydroxylation is 2. The minimum absolute atomic E-state index is 0.0196. The Kier molecular flexibility index (Phi) is 7.07. The van der Waals surface area contributed by atoms with E-state index in [-0.39, 0.29) is 24.2 Å². The van der Waals surface area contributed by atoms with Crippen molar-refractivity contribution in [3.63, 3.8) is 0 Å². The molecular formula is C21H23F3N2O6. The molecule has 0 spiro atoms. The lowest BCUT2D eigenvalue weighted by Crippen LogP contribution is -2.56. The van der Waals surface area contributed by atoms with Gasteiger partial charge in [0, 0.05) is 31.8 Å². The number of hydrogen-bond acceptors (Lipinski definition) is 6. The highest BCUT2D eigenvalue weighted by Crippen LogP contribution is 2.32. The van der Waals surface area contributed by atoms with Gasteiger partial charge in [-0.2, -0.15) is 13.2 Å². The molecule has 2 aromatic rings. The van der Waals surface area contributed by atoms with Gasteiger partial charge in [-0.15, -0.1) is 0 Å². The summed E-state index contributed by atoms with van der Waals surface area (Å²) in [5, 5.41) is 7.12. The minimum atomic E-state index is -5.08. The van der Waals surface area contributed by atoms with Gasteiger partial charge >= 0.3 is 12.1 Å². The third-order valence-corrected chi connectivity index (χ3v) is 5.21.